The third-order valence-corrected chi connectivity index (χ3v) is 15.0. The zero-order valence-corrected chi connectivity index (χ0v) is 25.2. The first-order valence-corrected chi connectivity index (χ1v) is 16.5. The summed E-state index contributed by atoms with van der Waals surface area (Å²) in [6, 6.07) is 21.3. The van der Waals surface area contributed by atoms with Crippen molar-refractivity contribution in [3.63, 3.8) is 0 Å². The summed E-state index contributed by atoms with van der Waals surface area (Å²) in [6.45, 7) is 11.0. The van der Waals surface area contributed by atoms with Crippen molar-refractivity contribution >= 4 is 18.7 Å². The molecular weight excluding hydrogens is 504 g/mol. The zero-order valence-electron chi connectivity index (χ0n) is 24.2. The summed E-state index contributed by atoms with van der Waals surface area (Å²) in [5.74, 6) is -0.238. The molecule has 3 N–H and O–H groups in total. The molecule has 1 aliphatic carbocycles. The molecule has 2 saturated heterocycles. The van der Waals surface area contributed by atoms with Crippen LogP contribution in [0, 0.1) is 11.3 Å². The van der Waals surface area contributed by atoms with Crippen molar-refractivity contribution in [2.75, 3.05) is 13.2 Å². The molecule has 5 nitrogen and oxygen atoms in total. The molecule has 0 amide bonds. The van der Waals surface area contributed by atoms with Crippen LogP contribution in [-0.2, 0) is 9.16 Å². The first kappa shape index (κ1) is 28.7. The lowest BCUT2D eigenvalue weighted by molar-refractivity contribution is -0.0952. The van der Waals surface area contributed by atoms with Crippen molar-refractivity contribution in [1.82, 2.24) is 0 Å². The fourth-order valence-corrected chi connectivity index (χ4v) is 12.7. The van der Waals surface area contributed by atoms with Crippen LogP contribution in [0.2, 0.25) is 5.04 Å². The lowest BCUT2D eigenvalue weighted by Crippen LogP contribution is -2.69. The minimum Gasteiger partial charge on any atom is -0.402 e. The summed E-state index contributed by atoms with van der Waals surface area (Å²) in [7, 11) is -2.85. The van der Waals surface area contributed by atoms with Crippen LogP contribution in [-0.4, -0.2) is 60.8 Å². The van der Waals surface area contributed by atoms with Crippen molar-refractivity contribution in [2.45, 2.75) is 95.7 Å². The van der Waals surface area contributed by atoms with Crippen LogP contribution >= 0.6 is 0 Å². The molecule has 0 aromatic heterocycles. The average molecular weight is 551 g/mol. The Morgan fingerprint density at radius 1 is 0.949 bits per heavy atom. The molecule has 5 atom stereocenters. The first-order valence-electron chi connectivity index (χ1n) is 14.6. The van der Waals surface area contributed by atoms with Crippen molar-refractivity contribution in [2.24, 2.45) is 11.3 Å². The van der Waals surface area contributed by atoms with Gasteiger partial charge in [-0.3, -0.25) is 0 Å². The molecule has 2 aliphatic heterocycles. The van der Waals surface area contributed by atoms with Crippen LogP contribution in [0.25, 0.3) is 0 Å². The predicted octanol–water partition coefficient (Wildman–Crippen LogP) is 4.33. The summed E-state index contributed by atoms with van der Waals surface area (Å²) < 4.78 is 14.5. The Hall–Kier alpha value is -1.80. The fraction of sp³-hybridized carbons (Fsp3) is 0.576. The van der Waals surface area contributed by atoms with Crippen LogP contribution in [0.15, 0.2) is 71.8 Å². The molecule has 2 bridgehead atoms. The van der Waals surface area contributed by atoms with E-state index in [0.29, 0.717) is 6.42 Å². The molecule has 0 saturated carbocycles. The molecule has 212 valence electrons. The van der Waals surface area contributed by atoms with Crippen LogP contribution in [0.1, 0.15) is 66.7 Å². The van der Waals surface area contributed by atoms with Gasteiger partial charge in [-0.25, -0.2) is 0 Å². The quantitative estimate of drug-likeness (QED) is 0.337. The molecule has 2 heterocycles. The van der Waals surface area contributed by atoms with E-state index in [1.165, 1.54) is 10.4 Å². The summed E-state index contributed by atoms with van der Waals surface area (Å²) >= 11 is 0. The highest BCUT2D eigenvalue weighted by atomic mass is 28.4. The van der Waals surface area contributed by atoms with Crippen molar-refractivity contribution < 1.29 is 24.5 Å². The van der Waals surface area contributed by atoms with E-state index in [9.17, 15) is 15.3 Å². The van der Waals surface area contributed by atoms with Gasteiger partial charge in [0.15, 0.2) is 0 Å². The SMILES string of the molecule is CC1(C)[C@H]2O[C@]([C@@H](O)C3=C(CO)CCCC3)(C[C@@H]2O[Si](c2ccccc2)(c2ccccc2)C(C)(C)C)[C@H]1CO. The molecule has 39 heavy (non-hydrogen) atoms. The number of rotatable bonds is 8. The van der Waals surface area contributed by atoms with E-state index in [0.717, 1.165) is 36.8 Å². The van der Waals surface area contributed by atoms with E-state index in [-0.39, 0.29) is 36.4 Å². The lowest BCUT2D eigenvalue weighted by atomic mass is 9.60. The predicted molar refractivity (Wildman–Crippen MR) is 158 cm³/mol. The van der Waals surface area contributed by atoms with Gasteiger partial charge in [-0.05, 0) is 52.2 Å². The zero-order chi connectivity index (χ0) is 28.1. The number of hydrogen-bond acceptors (Lipinski definition) is 5. The summed E-state index contributed by atoms with van der Waals surface area (Å²) in [5.41, 5.74) is 0.482. The number of ether oxygens (including phenoxy) is 1. The van der Waals surface area contributed by atoms with E-state index < -0.39 is 25.4 Å². The normalized spacial score (nSPS) is 29.6. The highest BCUT2D eigenvalue weighted by Gasteiger charge is 2.71. The van der Waals surface area contributed by atoms with Gasteiger partial charge in [0.2, 0.25) is 0 Å². The first-order chi connectivity index (χ1) is 18.5. The summed E-state index contributed by atoms with van der Waals surface area (Å²) in [5, 5.41) is 35.1. The second-order valence-corrected chi connectivity index (χ2v) is 17.7. The van der Waals surface area contributed by atoms with Crippen molar-refractivity contribution in [3.05, 3.63) is 71.8 Å². The summed E-state index contributed by atoms with van der Waals surface area (Å²) in [6.07, 6.45) is 2.69. The van der Waals surface area contributed by atoms with E-state index in [1.54, 1.807) is 0 Å². The molecular formula is C33H46O5Si. The minimum atomic E-state index is -2.85. The van der Waals surface area contributed by atoms with E-state index >= 15 is 0 Å². The summed E-state index contributed by atoms with van der Waals surface area (Å²) in [4.78, 5) is 0. The Balaban J connectivity index is 1.62. The van der Waals surface area contributed by atoms with Crippen LogP contribution in [0.5, 0.6) is 0 Å². The van der Waals surface area contributed by atoms with Gasteiger partial charge in [0.05, 0.1) is 18.8 Å². The lowest BCUT2D eigenvalue weighted by Gasteiger charge is -2.50. The largest absolute Gasteiger partial charge is 0.402 e. The molecule has 6 heteroatoms. The molecule has 0 unspecified atom stereocenters. The number of hydrogen-bond donors (Lipinski definition) is 3. The molecule has 3 aliphatic rings. The van der Waals surface area contributed by atoms with Gasteiger partial charge in [0.1, 0.15) is 11.7 Å². The van der Waals surface area contributed by atoms with Crippen molar-refractivity contribution in [1.29, 1.82) is 0 Å². The number of benzene rings is 2. The third-order valence-electron chi connectivity index (χ3n) is 9.97. The standard InChI is InChI=1S/C33H46O5Si/c1-31(2,3)39(24-15-8-6-9-16-24,25-17-10-7-11-18-25)38-27-20-33(28(22-35)32(4,5)30(27)37-33)29(36)26-19-13-12-14-23(26)21-34/h6-11,15-18,27-30,34-36H,12-14,19-22H2,1-5H3/t27-,28-,29-,30-,33+/m0/s1. The van der Waals surface area contributed by atoms with Gasteiger partial charge in [-0.1, -0.05) is 95.3 Å². The minimum absolute atomic E-state index is 0.0406. The van der Waals surface area contributed by atoms with Gasteiger partial charge < -0.3 is 24.5 Å². The van der Waals surface area contributed by atoms with Crippen LogP contribution in [0.4, 0.5) is 0 Å². The maximum atomic E-state index is 12.0. The third kappa shape index (κ3) is 4.48. The number of fused-ring (bicyclic) bond motifs is 2. The Morgan fingerprint density at radius 2 is 1.51 bits per heavy atom. The van der Waals surface area contributed by atoms with Gasteiger partial charge >= 0.3 is 0 Å². The Kier molecular flexibility index (Phi) is 7.77. The highest BCUT2D eigenvalue weighted by molar-refractivity contribution is 6.99. The second kappa shape index (κ2) is 10.5. The Bertz CT molecular complexity index is 1130. The highest BCUT2D eigenvalue weighted by Crippen LogP contribution is 2.61. The number of aliphatic hydroxyl groups is 3. The topological polar surface area (TPSA) is 79.2 Å². The second-order valence-electron chi connectivity index (χ2n) is 13.5. The van der Waals surface area contributed by atoms with E-state index in [2.05, 4.69) is 83.1 Å². The maximum absolute atomic E-state index is 12.0. The maximum Gasteiger partial charge on any atom is 0.261 e. The van der Waals surface area contributed by atoms with Gasteiger partial charge in [-0.15, -0.1) is 0 Å². The van der Waals surface area contributed by atoms with Gasteiger partial charge in [-0.2, -0.15) is 0 Å². The smallest absolute Gasteiger partial charge is 0.261 e. The fourth-order valence-electron chi connectivity index (χ4n) is 8.04. The molecule has 2 fully saturated rings. The average Bonchev–Trinajstić information content (AvgIpc) is 3.42. The molecule has 5 rings (SSSR count). The molecule has 0 radical (unpaired) electrons. The molecule has 2 aromatic carbocycles. The van der Waals surface area contributed by atoms with Crippen LogP contribution < -0.4 is 10.4 Å². The Labute approximate surface area is 235 Å². The number of aliphatic hydroxyl groups excluding tert-OH is 3. The van der Waals surface area contributed by atoms with Crippen LogP contribution in [0.3, 0.4) is 0 Å². The molecule has 0 spiro atoms. The van der Waals surface area contributed by atoms with Crippen molar-refractivity contribution in [3.8, 4) is 0 Å². The van der Waals surface area contributed by atoms with E-state index in [1.807, 2.05) is 12.1 Å². The molecule has 2 aromatic rings. The monoisotopic (exact) mass is 550 g/mol. The Morgan fingerprint density at radius 3 is 2.03 bits per heavy atom. The van der Waals surface area contributed by atoms with Gasteiger partial charge in [0, 0.05) is 24.4 Å². The van der Waals surface area contributed by atoms with Gasteiger partial charge in [0.25, 0.3) is 8.32 Å². The van der Waals surface area contributed by atoms with E-state index in [4.69, 9.17) is 9.16 Å².